The third kappa shape index (κ3) is 3.55. The number of carbonyl (C=O) groups excluding carboxylic acids is 1. The molecule has 0 aliphatic heterocycles. The number of ether oxygens (including phenoxy) is 1. The number of rotatable bonds is 1. The van der Waals surface area contributed by atoms with Gasteiger partial charge in [-0.05, 0) is 24.3 Å². The molecule has 5 heteroatoms. The van der Waals surface area contributed by atoms with Gasteiger partial charge in [-0.1, -0.05) is 0 Å². The molecular formula is C8H10O5. The van der Waals surface area contributed by atoms with E-state index in [1.807, 2.05) is 0 Å². The molecule has 0 spiro atoms. The highest BCUT2D eigenvalue weighted by molar-refractivity contribution is 5.89. The molecule has 1 aromatic carbocycles. The van der Waals surface area contributed by atoms with E-state index < -0.39 is 5.97 Å². The van der Waals surface area contributed by atoms with Crippen LogP contribution in [0.25, 0.3) is 0 Å². The summed E-state index contributed by atoms with van der Waals surface area (Å²) in [5, 5.41) is 20.9. The molecule has 0 atom stereocenters. The largest absolute Gasteiger partial charge is 0.508 e. The molecule has 0 aliphatic rings. The van der Waals surface area contributed by atoms with Gasteiger partial charge in [0, 0.05) is 0 Å². The second-order valence-electron chi connectivity index (χ2n) is 2.04. The third-order valence-electron chi connectivity index (χ3n) is 1.29. The van der Waals surface area contributed by atoms with Crippen LogP contribution in [-0.4, -0.2) is 28.7 Å². The summed E-state index contributed by atoms with van der Waals surface area (Å²) in [6.45, 7) is 0. The summed E-state index contributed by atoms with van der Waals surface area (Å²) in [7, 11) is 1.31. The molecule has 1 aromatic rings. The molecule has 0 heterocycles. The zero-order chi connectivity index (χ0) is 10.3. The highest BCUT2D eigenvalue weighted by atomic mass is 17.0. The molecule has 0 amide bonds. The Morgan fingerprint density at radius 2 is 1.69 bits per heavy atom. The highest BCUT2D eigenvalue weighted by Crippen LogP contribution is 2.09. The van der Waals surface area contributed by atoms with Gasteiger partial charge >= 0.3 is 5.97 Å². The SMILES string of the molecule is COC(=O)c1ccc(O)cc1.OO. The van der Waals surface area contributed by atoms with Gasteiger partial charge in [-0.25, -0.2) is 4.79 Å². The van der Waals surface area contributed by atoms with Crippen molar-refractivity contribution in [3.05, 3.63) is 29.8 Å². The van der Waals surface area contributed by atoms with Crippen molar-refractivity contribution in [2.75, 3.05) is 7.11 Å². The normalized spacial score (nSPS) is 8.23. The van der Waals surface area contributed by atoms with E-state index in [1.165, 1.54) is 31.4 Å². The zero-order valence-electron chi connectivity index (χ0n) is 6.97. The first-order valence-electron chi connectivity index (χ1n) is 3.31. The van der Waals surface area contributed by atoms with E-state index in [-0.39, 0.29) is 5.75 Å². The van der Waals surface area contributed by atoms with Gasteiger partial charge in [0.05, 0.1) is 12.7 Å². The van der Waals surface area contributed by atoms with Crippen LogP contribution < -0.4 is 0 Å². The van der Waals surface area contributed by atoms with E-state index in [1.54, 1.807) is 0 Å². The molecule has 3 N–H and O–H groups in total. The van der Waals surface area contributed by atoms with Crippen LogP contribution in [0.5, 0.6) is 5.75 Å². The van der Waals surface area contributed by atoms with Gasteiger partial charge in [0.1, 0.15) is 5.75 Å². The Morgan fingerprint density at radius 3 is 2.08 bits per heavy atom. The Hall–Kier alpha value is -1.59. The summed E-state index contributed by atoms with van der Waals surface area (Å²) in [5.74, 6) is -0.261. The van der Waals surface area contributed by atoms with Crippen molar-refractivity contribution < 1.29 is 25.2 Å². The van der Waals surface area contributed by atoms with Crippen molar-refractivity contribution in [3.63, 3.8) is 0 Å². The minimum absolute atomic E-state index is 0.137. The molecule has 72 valence electrons. The quantitative estimate of drug-likeness (QED) is 0.348. The molecule has 0 fully saturated rings. The molecule has 5 nitrogen and oxygen atoms in total. The van der Waals surface area contributed by atoms with E-state index in [2.05, 4.69) is 4.74 Å². The first-order chi connectivity index (χ1) is 6.24. The molecule has 0 saturated carbocycles. The summed E-state index contributed by atoms with van der Waals surface area (Å²) < 4.78 is 4.46. The number of phenolic OH excluding ortho intramolecular Hbond substituents is 1. The number of benzene rings is 1. The molecule has 13 heavy (non-hydrogen) atoms. The van der Waals surface area contributed by atoms with Crippen LogP contribution in [0.4, 0.5) is 0 Å². The molecule has 0 unspecified atom stereocenters. The number of aromatic hydroxyl groups is 1. The van der Waals surface area contributed by atoms with Crippen LogP contribution in [0.15, 0.2) is 24.3 Å². The van der Waals surface area contributed by atoms with Gasteiger partial charge in [-0.3, -0.25) is 10.5 Å². The predicted octanol–water partition coefficient (Wildman–Crippen LogP) is 1.20. The molecule has 0 radical (unpaired) electrons. The fourth-order valence-corrected chi connectivity index (χ4v) is 0.715. The van der Waals surface area contributed by atoms with Crippen LogP contribution in [0.3, 0.4) is 0 Å². The first-order valence-corrected chi connectivity index (χ1v) is 3.31. The van der Waals surface area contributed by atoms with E-state index >= 15 is 0 Å². The van der Waals surface area contributed by atoms with Crippen LogP contribution in [0, 0.1) is 0 Å². The maximum atomic E-state index is 10.8. The monoisotopic (exact) mass is 186 g/mol. The average molecular weight is 186 g/mol. The Bertz CT molecular complexity index is 254. The summed E-state index contributed by atoms with van der Waals surface area (Å²) in [5.41, 5.74) is 0.435. The summed E-state index contributed by atoms with van der Waals surface area (Å²) in [6.07, 6.45) is 0. The van der Waals surface area contributed by atoms with Gasteiger partial charge in [0.15, 0.2) is 0 Å². The molecule has 0 saturated heterocycles. The zero-order valence-corrected chi connectivity index (χ0v) is 6.97. The van der Waals surface area contributed by atoms with Crippen LogP contribution in [-0.2, 0) is 4.74 Å². The molecular weight excluding hydrogens is 176 g/mol. The molecule has 0 aliphatic carbocycles. The van der Waals surface area contributed by atoms with Gasteiger partial charge in [0.2, 0.25) is 0 Å². The first kappa shape index (κ1) is 11.4. The lowest BCUT2D eigenvalue weighted by Crippen LogP contribution is -1.99. The summed E-state index contributed by atoms with van der Waals surface area (Å²) in [6, 6.07) is 5.88. The van der Waals surface area contributed by atoms with Gasteiger partial charge in [-0.15, -0.1) is 0 Å². The van der Waals surface area contributed by atoms with Crippen LogP contribution in [0.1, 0.15) is 10.4 Å². The van der Waals surface area contributed by atoms with E-state index in [9.17, 15) is 4.79 Å². The average Bonchev–Trinajstić information content (AvgIpc) is 2.21. The standard InChI is InChI=1S/C8H8O3.H2O2/c1-11-8(10)6-2-4-7(9)5-3-6;1-2/h2-5,9H,1H3;1-2H. The van der Waals surface area contributed by atoms with Gasteiger partial charge in [0.25, 0.3) is 0 Å². The summed E-state index contributed by atoms with van der Waals surface area (Å²) in [4.78, 5) is 10.8. The van der Waals surface area contributed by atoms with E-state index in [4.69, 9.17) is 15.6 Å². The molecule has 0 bridgehead atoms. The smallest absolute Gasteiger partial charge is 0.337 e. The van der Waals surface area contributed by atoms with Gasteiger partial charge < -0.3 is 9.84 Å². The van der Waals surface area contributed by atoms with Crippen molar-refractivity contribution in [2.45, 2.75) is 0 Å². The van der Waals surface area contributed by atoms with Crippen molar-refractivity contribution >= 4 is 5.97 Å². The predicted molar refractivity (Wildman–Crippen MR) is 44.7 cm³/mol. The second-order valence-corrected chi connectivity index (χ2v) is 2.04. The number of carbonyl (C=O) groups is 1. The lowest BCUT2D eigenvalue weighted by molar-refractivity contribution is -0.176. The lowest BCUT2D eigenvalue weighted by Gasteiger charge is -1.97. The third-order valence-corrected chi connectivity index (χ3v) is 1.29. The maximum absolute atomic E-state index is 10.8. The van der Waals surface area contributed by atoms with Crippen molar-refractivity contribution in [3.8, 4) is 5.75 Å². The minimum Gasteiger partial charge on any atom is -0.508 e. The molecule has 0 aromatic heterocycles. The highest BCUT2D eigenvalue weighted by Gasteiger charge is 2.02. The van der Waals surface area contributed by atoms with Crippen molar-refractivity contribution in [1.29, 1.82) is 0 Å². The minimum atomic E-state index is -0.398. The maximum Gasteiger partial charge on any atom is 0.337 e. The van der Waals surface area contributed by atoms with Crippen LogP contribution in [0.2, 0.25) is 0 Å². The number of hydrogen-bond acceptors (Lipinski definition) is 5. The number of methoxy groups -OCH3 is 1. The molecule has 1 rings (SSSR count). The number of hydrogen-bond donors (Lipinski definition) is 3. The van der Waals surface area contributed by atoms with E-state index in [0.717, 1.165) is 0 Å². The fraction of sp³-hybridized carbons (Fsp3) is 0.125. The van der Waals surface area contributed by atoms with Crippen molar-refractivity contribution in [2.24, 2.45) is 0 Å². The van der Waals surface area contributed by atoms with Crippen molar-refractivity contribution in [1.82, 2.24) is 0 Å². The summed E-state index contributed by atoms with van der Waals surface area (Å²) >= 11 is 0. The van der Waals surface area contributed by atoms with Gasteiger partial charge in [-0.2, -0.15) is 0 Å². The second kappa shape index (κ2) is 5.99. The Kier molecular flexibility index (Phi) is 5.25. The van der Waals surface area contributed by atoms with E-state index in [0.29, 0.717) is 5.56 Å². The number of esters is 1. The Morgan fingerprint density at radius 1 is 1.23 bits per heavy atom. The Labute approximate surface area is 74.8 Å². The fourth-order valence-electron chi connectivity index (χ4n) is 0.715. The Balaban J connectivity index is 0.000000671. The van der Waals surface area contributed by atoms with Crippen LogP contribution >= 0.6 is 0 Å². The lowest BCUT2D eigenvalue weighted by atomic mass is 10.2. The number of phenols is 1. The topological polar surface area (TPSA) is 87.0 Å².